The summed E-state index contributed by atoms with van der Waals surface area (Å²) in [5, 5.41) is 9.61. The van der Waals surface area contributed by atoms with E-state index in [1.165, 1.54) is 31.2 Å². The molecule has 0 spiro atoms. The molecule has 3 unspecified atom stereocenters. The summed E-state index contributed by atoms with van der Waals surface area (Å²) in [7, 11) is 2.19. The Morgan fingerprint density at radius 3 is 2.79 bits per heavy atom. The van der Waals surface area contributed by atoms with Crippen LogP contribution >= 0.6 is 0 Å². The normalized spacial score (nSPS) is 25.5. The maximum absolute atomic E-state index is 9.61. The second kappa shape index (κ2) is 6.40. The van der Waals surface area contributed by atoms with Gasteiger partial charge < -0.3 is 10.8 Å². The lowest BCUT2D eigenvalue weighted by Gasteiger charge is -2.40. The molecule has 1 aliphatic rings. The van der Waals surface area contributed by atoms with E-state index in [1.54, 1.807) is 6.07 Å². The number of hydrogen-bond acceptors (Lipinski definition) is 3. The maximum atomic E-state index is 9.61. The van der Waals surface area contributed by atoms with Crippen molar-refractivity contribution in [3.05, 3.63) is 29.8 Å². The molecule has 3 atom stereocenters. The lowest BCUT2D eigenvalue weighted by Crippen LogP contribution is -2.44. The number of phenolic OH excluding ortho intramolecular Hbond substituents is 1. The van der Waals surface area contributed by atoms with Crippen LogP contribution in [0.2, 0.25) is 0 Å². The van der Waals surface area contributed by atoms with Crippen LogP contribution in [0.1, 0.15) is 44.2 Å². The average molecular weight is 262 g/mol. The zero-order valence-corrected chi connectivity index (χ0v) is 12.0. The number of nitrogens with zero attached hydrogens (tertiary/aromatic N) is 1. The molecule has 0 bridgehead atoms. The number of phenols is 1. The van der Waals surface area contributed by atoms with Gasteiger partial charge in [-0.05, 0) is 57.0 Å². The first kappa shape index (κ1) is 14.4. The fourth-order valence-corrected chi connectivity index (χ4v) is 3.31. The molecule has 3 N–H and O–H groups in total. The van der Waals surface area contributed by atoms with Crippen LogP contribution in [0, 0.1) is 5.92 Å². The van der Waals surface area contributed by atoms with Crippen molar-refractivity contribution in [2.24, 2.45) is 11.7 Å². The topological polar surface area (TPSA) is 49.5 Å². The minimum Gasteiger partial charge on any atom is -0.508 e. The van der Waals surface area contributed by atoms with Crippen LogP contribution in [-0.2, 0) is 0 Å². The third kappa shape index (κ3) is 3.28. The summed E-state index contributed by atoms with van der Waals surface area (Å²) >= 11 is 0. The van der Waals surface area contributed by atoms with Gasteiger partial charge in [0.05, 0.1) is 0 Å². The second-order valence-corrected chi connectivity index (χ2v) is 5.78. The van der Waals surface area contributed by atoms with Crippen molar-refractivity contribution in [2.75, 3.05) is 13.6 Å². The lowest BCUT2D eigenvalue weighted by molar-refractivity contribution is 0.0988. The molecule has 0 heterocycles. The fourth-order valence-electron chi connectivity index (χ4n) is 3.31. The first-order chi connectivity index (χ1) is 9.13. The highest BCUT2D eigenvalue weighted by molar-refractivity contribution is 5.29. The molecule has 106 valence electrons. The molecule has 2 rings (SSSR count). The number of hydrogen-bond donors (Lipinski definition) is 2. The van der Waals surface area contributed by atoms with Crippen LogP contribution in [-0.4, -0.2) is 29.6 Å². The van der Waals surface area contributed by atoms with Crippen molar-refractivity contribution in [1.29, 1.82) is 0 Å². The number of aromatic hydroxyl groups is 1. The Hall–Kier alpha value is -1.06. The summed E-state index contributed by atoms with van der Waals surface area (Å²) in [6.45, 7) is 2.98. The summed E-state index contributed by atoms with van der Waals surface area (Å²) in [5.74, 6) is 0.954. The SMILES string of the molecule is CC(c1cccc(O)c1)N(C)C1CCCCC1CN. The van der Waals surface area contributed by atoms with Crippen LogP contribution in [0.5, 0.6) is 5.75 Å². The molecule has 1 fully saturated rings. The third-order valence-corrected chi connectivity index (χ3v) is 4.66. The first-order valence-corrected chi connectivity index (χ1v) is 7.34. The zero-order valence-electron chi connectivity index (χ0n) is 12.0. The zero-order chi connectivity index (χ0) is 13.8. The number of benzene rings is 1. The first-order valence-electron chi connectivity index (χ1n) is 7.34. The van der Waals surface area contributed by atoms with Gasteiger partial charge in [0.2, 0.25) is 0 Å². The molecule has 0 radical (unpaired) electrons. The van der Waals surface area contributed by atoms with Gasteiger partial charge in [0, 0.05) is 12.1 Å². The van der Waals surface area contributed by atoms with Crippen LogP contribution in [0.15, 0.2) is 24.3 Å². The van der Waals surface area contributed by atoms with Gasteiger partial charge >= 0.3 is 0 Å². The molecule has 19 heavy (non-hydrogen) atoms. The van der Waals surface area contributed by atoms with Gasteiger partial charge in [-0.15, -0.1) is 0 Å². The molecule has 3 nitrogen and oxygen atoms in total. The van der Waals surface area contributed by atoms with Crippen LogP contribution in [0.3, 0.4) is 0 Å². The Morgan fingerprint density at radius 1 is 1.37 bits per heavy atom. The van der Waals surface area contributed by atoms with Crippen molar-refractivity contribution < 1.29 is 5.11 Å². The molecule has 0 saturated heterocycles. The molecular weight excluding hydrogens is 236 g/mol. The Bertz CT molecular complexity index is 407. The molecule has 3 heteroatoms. The van der Waals surface area contributed by atoms with E-state index in [4.69, 9.17) is 5.73 Å². The van der Waals surface area contributed by atoms with Gasteiger partial charge in [-0.2, -0.15) is 0 Å². The van der Waals surface area contributed by atoms with Crippen LogP contribution in [0.25, 0.3) is 0 Å². The molecule has 1 aliphatic carbocycles. The molecule has 1 saturated carbocycles. The summed E-state index contributed by atoms with van der Waals surface area (Å²) < 4.78 is 0. The Balaban J connectivity index is 2.11. The van der Waals surface area contributed by atoms with Crippen molar-refractivity contribution in [3.8, 4) is 5.75 Å². The van der Waals surface area contributed by atoms with E-state index < -0.39 is 0 Å². The Labute approximate surface area is 116 Å². The van der Waals surface area contributed by atoms with Gasteiger partial charge in [-0.1, -0.05) is 25.0 Å². The summed E-state index contributed by atoms with van der Waals surface area (Å²) in [5.41, 5.74) is 7.10. The molecule has 0 amide bonds. The largest absolute Gasteiger partial charge is 0.508 e. The van der Waals surface area contributed by atoms with E-state index in [0.717, 1.165) is 6.54 Å². The monoisotopic (exact) mass is 262 g/mol. The predicted molar refractivity (Wildman–Crippen MR) is 79.1 cm³/mol. The average Bonchev–Trinajstić information content (AvgIpc) is 2.45. The Kier molecular flexibility index (Phi) is 4.83. The molecule has 0 aliphatic heterocycles. The summed E-state index contributed by atoms with van der Waals surface area (Å²) in [6.07, 6.45) is 5.10. The highest BCUT2D eigenvalue weighted by Crippen LogP contribution is 2.32. The van der Waals surface area contributed by atoms with Crippen LogP contribution < -0.4 is 5.73 Å². The highest BCUT2D eigenvalue weighted by atomic mass is 16.3. The van der Waals surface area contributed by atoms with Crippen LogP contribution in [0.4, 0.5) is 0 Å². The molecule has 0 aromatic heterocycles. The second-order valence-electron chi connectivity index (χ2n) is 5.78. The highest BCUT2D eigenvalue weighted by Gasteiger charge is 2.29. The fraction of sp³-hybridized carbons (Fsp3) is 0.625. The van der Waals surface area contributed by atoms with Crippen molar-refractivity contribution in [3.63, 3.8) is 0 Å². The van der Waals surface area contributed by atoms with Crippen molar-refractivity contribution >= 4 is 0 Å². The van der Waals surface area contributed by atoms with E-state index in [1.807, 2.05) is 12.1 Å². The number of rotatable bonds is 4. The smallest absolute Gasteiger partial charge is 0.115 e. The third-order valence-electron chi connectivity index (χ3n) is 4.66. The standard InChI is InChI=1S/C16H26N2O/c1-12(13-7-5-8-15(19)10-13)18(2)16-9-4-3-6-14(16)11-17/h5,7-8,10,12,14,16,19H,3-4,6,9,11,17H2,1-2H3. The molecular formula is C16H26N2O. The predicted octanol–water partition coefficient (Wildman–Crippen LogP) is 2.90. The van der Waals surface area contributed by atoms with Gasteiger partial charge in [0.15, 0.2) is 0 Å². The van der Waals surface area contributed by atoms with Crippen molar-refractivity contribution in [2.45, 2.75) is 44.7 Å². The minimum absolute atomic E-state index is 0.309. The summed E-state index contributed by atoms with van der Waals surface area (Å²) in [6, 6.07) is 8.46. The van der Waals surface area contributed by atoms with Gasteiger partial charge in [0.25, 0.3) is 0 Å². The molecule has 1 aromatic carbocycles. The van der Waals surface area contributed by atoms with E-state index in [2.05, 4.69) is 24.9 Å². The number of nitrogens with two attached hydrogens (primary N) is 1. The van der Waals surface area contributed by atoms with E-state index in [9.17, 15) is 5.11 Å². The van der Waals surface area contributed by atoms with Crippen molar-refractivity contribution in [1.82, 2.24) is 4.90 Å². The lowest BCUT2D eigenvalue weighted by atomic mass is 9.83. The summed E-state index contributed by atoms with van der Waals surface area (Å²) in [4.78, 5) is 2.44. The van der Waals surface area contributed by atoms with E-state index in [0.29, 0.717) is 23.8 Å². The Morgan fingerprint density at radius 2 is 2.11 bits per heavy atom. The molecule has 1 aromatic rings. The van der Waals surface area contributed by atoms with Gasteiger partial charge in [-0.25, -0.2) is 0 Å². The van der Waals surface area contributed by atoms with E-state index in [-0.39, 0.29) is 0 Å². The maximum Gasteiger partial charge on any atom is 0.115 e. The van der Waals surface area contributed by atoms with Gasteiger partial charge in [0.1, 0.15) is 5.75 Å². The minimum atomic E-state index is 0.309. The quantitative estimate of drug-likeness (QED) is 0.877. The van der Waals surface area contributed by atoms with E-state index >= 15 is 0 Å². The van der Waals surface area contributed by atoms with Gasteiger partial charge in [-0.3, -0.25) is 4.90 Å².